The summed E-state index contributed by atoms with van der Waals surface area (Å²) < 4.78 is 34.0. The molecule has 0 aromatic heterocycles. The molecular weight excluding hydrogens is 519 g/mol. The molecule has 0 amide bonds. The van der Waals surface area contributed by atoms with E-state index >= 15 is 0 Å². The summed E-state index contributed by atoms with van der Waals surface area (Å²) >= 11 is 0. The maximum absolute atomic E-state index is 13.2. The Kier molecular flexibility index (Phi) is 8.77. The third-order valence-electron chi connectivity index (χ3n) is 6.82. The molecule has 5 rings (SSSR count). The lowest BCUT2D eigenvalue weighted by Gasteiger charge is -2.27. The van der Waals surface area contributed by atoms with Crippen LogP contribution in [0, 0.1) is 5.41 Å². The van der Waals surface area contributed by atoms with Crippen LogP contribution in [-0.4, -0.2) is 39.2 Å². The Balaban J connectivity index is 0.00000180. The van der Waals surface area contributed by atoms with Crippen molar-refractivity contribution in [1.82, 2.24) is 5.32 Å². The van der Waals surface area contributed by atoms with E-state index in [1.165, 1.54) is 6.42 Å². The second kappa shape index (κ2) is 11.3. The predicted molar refractivity (Wildman–Crippen MR) is 151 cm³/mol. The number of nitrogens with one attached hydrogen (secondary N) is 2. The first kappa shape index (κ1) is 28.1. The second-order valence-corrected chi connectivity index (χ2v) is 11.2. The van der Waals surface area contributed by atoms with Crippen molar-refractivity contribution in [2.24, 2.45) is 5.73 Å². The topological polar surface area (TPSA) is 109 Å². The summed E-state index contributed by atoms with van der Waals surface area (Å²) in [5.41, 5.74) is 8.93. The quantitative estimate of drug-likeness (QED) is 0.295. The highest BCUT2D eigenvalue weighted by atomic mass is 35.5. The van der Waals surface area contributed by atoms with E-state index in [1.54, 1.807) is 11.2 Å². The number of hydrogen-bond donors (Lipinski definition) is 3. The molecule has 3 aromatic carbocycles. The summed E-state index contributed by atoms with van der Waals surface area (Å²) in [7, 11) is -3.49. The van der Waals surface area contributed by atoms with Gasteiger partial charge in [0.05, 0.1) is 17.5 Å². The number of ether oxygens (including phenoxy) is 1. The minimum absolute atomic E-state index is 0. The molecule has 7 nitrogen and oxygen atoms in total. The van der Waals surface area contributed by atoms with E-state index in [4.69, 9.17) is 15.9 Å². The number of anilines is 1. The van der Waals surface area contributed by atoms with Crippen LogP contribution >= 0.6 is 24.8 Å². The molecule has 4 N–H and O–H groups in total. The number of nitrogens with zero attached hydrogens (tertiary/aromatic N) is 1. The van der Waals surface area contributed by atoms with E-state index in [2.05, 4.69) is 5.32 Å². The fourth-order valence-electron chi connectivity index (χ4n) is 4.96. The normalized spacial score (nSPS) is 18.9. The van der Waals surface area contributed by atoms with Gasteiger partial charge in [0.1, 0.15) is 18.2 Å². The number of nitrogens with two attached hydrogens (primary N) is 1. The lowest BCUT2D eigenvalue weighted by Crippen LogP contribution is -2.33. The molecule has 1 saturated heterocycles. The van der Waals surface area contributed by atoms with E-state index in [-0.39, 0.29) is 42.4 Å². The van der Waals surface area contributed by atoms with Crippen molar-refractivity contribution < 1.29 is 13.2 Å². The Morgan fingerprint density at radius 2 is 1.89 bits per heavy atom. The van der Waals surface area contributed by atoms with Crippen LogP contribution in [0.5, 0.6) is 5.75 Å². The fourth-order valence-corrected chi connectivity index (χ4v) is 6.30. The summed E-state index contributed by atoms with van der Waals surface area (Å²) in [5, 5.41) is 13.1. The van der Waals surface area contributed by atoms with Crippen molar-refractivity contribution in [2.75, 3.05) is 23.2 Å². The van der Waals surface area contributed by atoms with Gasteiger partial charge in [-0.05, 0) is 78.5 Å². The lowest BCUT2D eigenvalue weighted by atomic mass is 9.98. The highest BCUT2D eigenvalue weighted by Gasteiger charge is 2.38. The molecule has 194 valence electrons. The molecule has 0 radical (unpaired) electrons. The molecular formula is C26H32Cl2N4O3S. The number of nitrogen functional groups attached to an aromatic ring is 1. The van der Waals surface area contributed by atoms with Crippen LogP contribution in [0.25, 0.3) is 10.8 Å². The minimum Gasteiger partial charge on any atom is -0.492 e. The van der Waals surface area contributed by atoms with Crippen molar-refractivity contribution in [2.45, 2.75) is 38.3 Å². The Morgan fingerprint density at radius 1 is 1.11 bits per heavy atom. The Morgan fingerprint density at radius 3 is 2.58 bits per heavy atom. The lowest BCUT2D eigenvalue weighted by molar-refractivity contribution is 0.277. The van der Waals surface area contributed by atoms with Gasteiger partial charge in [-0.1, -0.05) is 24.3 Å². The molecule has 2 aliphatic rings. The maximum atomic E-state index is 13.2. The van der Waals surface area contributed by atoms with Crippen molar-refractivity contribution in [3.05, 3.63) is 71.3 Å². The Hall–Kier alpha value is -2.52. The number of rotatable bonds is 7. The van der Waals surface area contributed by atoms with Gasteiger partial charge in [0.15, 0.2) is 0 Å². The summed E-state index contributed by atoms with van der Waals surface area (Å²) in [6.07, 6.45) is 2.86. The van der Waals surface area contributed by atoms with Crippen molar-refractivity contribution >= 4 is 57.1 Å². The van der Waals surface area contributed by atoms with Crippen molar-refractivity contribution in [3.63, 3.8) is 0 Å². The SMILES string of the molecule is CCS(=O)(=O)N1c2ccc(OC[C@@H]3CCCN3)cc2CC1c1ccc2ccc(C(=N)N)cc2c1.Cl.Cl. The first-order valence-corrected chi connectivity index (χ1v) is 13.4. The number of sulfonamides is 1. The molecule has 2 atom stereocenters. The van der Waals surface area contributed by atoms with Gasteiger partial charge in [-0.3, -0.25) is 9.71 Å². The zero-order valence-electron chi connectivity index (χ0n) is 20.1. The standard InChI is InChI=1S/C26H30N4O3S.2ClH/c1-2-34(31,32)30-24-10-9-23(33-16-22-4-3-11-29-22)14-21(24)15-25(30)18-7-5-17-6-8-19(26(27)28)13-20(17)12-18;;/h5-10,12-14,22,25,29H,2-4,11,15-16H2,1H3,(H3,27,28);2*1H/t22-,25?;;/m0../s1. The van der Waals surface area contributed by atoms with Gasteiger partial charge in [0, 0.05) is 18.0 Å². The highest BCUT2D eigenvalue weighted by molar-refractivity contribution is 7.92. The van der Waals surface area contributed by atoms with Crippen LogP contribution in [0.15, 0.2) is 54.6 Å². The number of fused-ring (bicyclic) bond motifs is 2. The molecule has 3 aromatic rings. The summed E-state index contributed by atoms with van der Waals surface area (Å²) in [6.45, 7) is 3.32. The third-order valence-corrected chi connectivity index (χ3v) is 8.60. The predicted octanol–water partition coefficient (Wildman–Crippen LogP) is 4.55. The monoisotopic (exact) mass is 550 g/mol. The molecule has 0 aliphatic carbocycles. The van der Waals surface area contributed by atoms with E-state index in [0.29, 0.717) is 24.6 Å². The average Bonchev–Trinajstić information content (AvgIpc) is 3.49. The van der Waals surface area contributed by atoms with Gasteiger partial charge >= 0.3 is 0 Å². The molecule has 0 saturated carbocycles. The van der Waals surface area contributed by atoms with Crippen LogP contribution in [0.1, 0.15) is 42.5 Å². The summed E-state index contributed by atoms with van der Waals surface area (Å²) in [4.78, 5) is 0. The smallest absolute Gasteiger partial charge is 0.235 e. The Labute approximate surface area is 224 Å². The second-order valence-electron chi connectivity index (χ2n) is 9.05. The average molecular weight is 552 g/mol. The molecule has 2 aliphatic heterocycles. The van der Waals surface area contributed by atoms with E-state index < -0.39 is 10.0 Å². The van der Waals surface area contributed by atoms with Gasteiger partial charge in [-0.2, -0.15) is 0 Å². The zero-order valence-corrected chi connectivity index (χ0v) is 22.5. The van der Waals surface area contributed by atoms with Gasteiger partial charge in [-0.25, -0.2) is 8.42 Å². The van der Waals surface area contributed by atoms with Crippen molar-refractivity contribution in [1.29, 1.82) is 5.41 Å². The summed E-state index contributed by atoms with van der Waals surface area (Å²) in [6, 6.07) is 17.4. The van der Waals surface area contributed by atoms with E-state index in [0.717, 1.165) is 46.3 Å². The molecule has 0 spiro atoms. The molecule has 1 fully saturated rings. The minimum atomic E-state index is -3.49. The van der Waals surface area contributed by atoms with Gasteiger partial charge in [-0.15, -0.1) is 24.8 Å². The molecule has 10 heteroatoms. The number of amidine groups is 1. The largest absolute Gasteiger partial charge is 0.492 e. The first-order chi connectivity index (χ1) is 16.4. The van der Waals surface area contributed by atoms with Crippen LogP contribution in [-0.2, 0) is 16.4 Å². The first-order valence-electron chi connectivity index (χ1n) is 11.7. The van der Waals surface area contributed by atoms with Crippen LogP contribution in [0.3, 0.4) is 0 Å². The van der Waals surface area contributed by atoms with Crippen LogP contribution < -0.4 is 20.1 Å². The van der Waals surface area contributed by atoms with Gasteiger partial charge in [0.25, 0.3) is 0 Å². The fraction of sp³-hybridized carbons (Fsp3) is 0.346. The van der Waals surface area contributed by atoms with Crippen LogP contribution in [0.4, 0.5) is 5.69 Å². The number of hydrogen-bond acceptors (Lipinski definition) is 5. The zero-order chi connectivity index (χ0) is 23.9. The molecule has 2 heterocycles. The molecule has 36 heavy (non-hydrogen) atoms. The Bertz CT molecular complexity index is 1360. The van der Waals surface area contributed by atoms with Gasteiger partial charge < -0.3 is 15.8 Å². The van der Waals surface area contributed by atoms with Gasteiger partial charge in [0.2, 0.25) is 10.0 Å². The van der Waals surface area contributed by atoms with E-state index in [9.17, 15) is 8.42 Å². The third kappa shape index (κ3) is 5.42. The van der Waals surface area contributed by atoms with Crippen LogP contribution in [0.2, 0.25) is 0 Å². The maximum Gasteiger partial charge on any atom is 0.235 e. The van der Waals surface area contributed by atoms with E-state index in [1.807, 2.05) is 54.6 Å². The molecule has 0 bridgehead atoms. The number of benzene rings is 3. The van der Waals surface area contributed by atoms with Crippen molar-refractivity contribution in [3.8, 4) is 5.75 Å². The highest BCUT2D eigenvalue weighted by Crippen LogP contribution is 2.44. The summed E-state index contributed by atoms with van der Waals surface area (Å²) in [5.74, 6) is 0.805. The number of halogens is 2. The molecule has 1 unspecified atom stereocenters.